The van der Waals surface area contributed by atoms with Gasteiger partial charge in [0, 0.05) is 25.2 Å². The lowest BCUT2D eigenvalue weighted by molar-refractivity contribution is -0.119. The fraction of sp³-hybridized carbons (Fsp3) is 0.222. The van der Waals surface area contributed by atoms with Gasteiger partial charge in [-0.3, -0.25) is 4.79 Å². The number of carbonyl (C=O) groups excluding carboxylic acids is 2. The van der Waals surface area contributed by atoms with Crippen molar-refractivity contribution in [2.45, 2.75) is 13.0 Å². The van der Waals surface area contributed by atoms with E-state index in [9.17, 15) is 9.59 Å². The van der Waals surface area contributed by atoms with Crippen LogP contribution in [0.3, 0.4) is 0 Å². The smallest absolute Gasteiger partial charge is 0.331 e. The Morgan fingerprint density at radius 2 is 1.79 bits per heavy atom. The molecule has 2 aromatic carbocycles. The summed E-state index contributed by atoms with van der Waals surface area (Å²) in [6.45, 7) is 0.825. The van der Waals surface area contributed by atoms with Gasteiger partial charge in [-0.2, -0.15) is 0 Å². The highest BCUT2D eigenvalue weighted by Crippen LogP contribution is 2.31. The number of amides is 3. The van der Waals surface area contributed by atoms with Crippen molar-refractivity contribution in [1.29, 1.82) is 0 Å². The lowest BCUT2D eigenvalue weighted by Gasteiger charge is -2.34. The number of anilines is 2. The van der Waals surface area contributed by atoms with Crippen molar-refractivity contribution in [3.05, 3.63) is 54.1 Å². The number of methoxy groups -OCH3 is 1. The number of benzene rings is 2. The molecule has 24 heavy (non-hydrogen) atoms. The van der Waals surface area contributed by atoms with Gasteiger partial charge < -0.3 is 15.4 Å². The normalized spacial score (nSPS) is 14.9. The van der Waals surface area contributed by atoms with Crippen molar-refractivity contribution in [3.63, 3.8) is 0 Å². The molecule has 1 fully saturated rings. The molecule has 0 spiro atoms. The number of nitrogen functional groups attached to an aromatic ring is 1. The fourth-order valence-electron chi connectivity index (χ4n) is 2.73. The zero-order valence-electron chi connectivity index (χ0n) is 13.4. The minimum absolute atomic E-state index is 0.224. The van der Waals surface area contributed by atoms with E-state index >= 15 is 0 Å². The van der Waals surface area contributed by atoms with Crippen LogP contribution in [0.5, 0.6) is 5.75 Å². The van der Waals surface area contributed by atoms with Gasteiger partial charge in [-0.1, -0.05) is 24.3 Å². The van der Waals surface area contributed by atoms with Crippen LogP contribution in [0.25, 0.3) is 0 Å². The first-order chi connectivity index (χ1) is 11.6. The van der Waals surface area contributed by atoms with Gasteiger partial charge in [0.05, 0.1) is 12.8 Å². The highest BCUT2D eigenvalue weighted by molar-refractivity contribution is 6.16. The quantitative estimate of drug-likeness (QED) is 0.877. The molecule has 1 saturated heterocycles. The molecule has 1 aliphatic heterocycles. The van der Waals surface area contributed by atoms with E-state index < -0.39 is 0 Å². The Balaban J connectivity index is 1.86. The summed E-state index contributed by atoms with van der Waals surface area (Å²) in [5.74, 6) is 0.270. The van der Waals surface area contributed by atoms with Crippen molar-refractivity contribution in [2.24, 2.45) is 0 Å². The fourth-order valence-corrected chi connectivity index (χ4v) is 2.73. The summed E-state index contributed by atoms with van der Waals surface area (Å²) >= 11 is 0. The second-order valence-electron chi connectivity index (χ2n) is 5.60. The Hall–Kier alpha value is -3.02. The highest BCUT2D eigenvalue weighted by atomic mass is 16.5. The molecular weight excluding hydrogens is 306 g/mol. The summed E-state index contributed by atoms with van der Waals surface area (Å²) in [7, 11) is 1.52. The molecule has 1 heterocycles. The second-order valence-corrected chi connectivity index (χ2v) is 5.60. The van der Waals surface area contributed by atoms with E-state index in [4.69, 9.17) is 10.5 Å². The van der Waals surface area contributed by atoms with E-state index in [2.05, 4.69) is 0 Å². The summed E-state index contributed by atoms with van der Waals surface area (Å²) in [6, 6.07) is 14.0. The lowest BCUT2D eigenvalue weighted by Crippen LogP contribution is -2.52. The van der Waals surface area contributed by atoms with Gasteiger partial charge >= 0.3 is 6.03 Å². The summed E-state index contributed by atoms with van der Waals surface area (Å²) < 4.78 is 5.28. The SMILES string of the molecule is COc1ccccc1N1C(=O)CCN(Cc2ccc(N)cc2)C1=O. The minimum atomic E-state index is -0.340. The molecule has 0 atom stereocenters. The topological polar surface area (TPSA) is 75.9 Å². The van der Waals surface area contributed by atoms with Crippen LogP contribution < -0.4 is 15.4 Å². The van der Waals surface area contributed by atoms with Crippen molar-refractivity contribution in [2.75, 3.05) is 24.3 Å². The number of imide groups is 1. The number of hydrogen-bond acceptors (Lipinski definition) is 4. The van der Waals surface area contributed by atoms with E-state index in [0.717, 1.165) is 5.56 Å². The van der Waals surface area contributed by atoms with Crippen LogP contribution in [0.1, 0.15) is 12.0 Å². The van der Waals surface area contributed by atoms with Crippen molar-refractivity contribution >= 4 is 23.3 Å². The van der Waals surface area contributed by atoms with Crippen molar-refractivity contribution in [1.82, 2.24) is 4.90 Å². The Bertz CT molecular complexity index is 758. The van der Waals surface area contributed by atoms with E-state index in [-0.39, 0.29) is 18.4 Å². The first-order valence-electron chi connectivity index (χ1n) is 7.69. The predicted octanol–water partition coefficient (Wildman–Crippen LogP) is 2.64. The molecule has 3 amide bonds. The number of nitrogens with two attached hydrogens (primary N) is 1. The summed E-state index contributed by atoms with van der Waals surface area (Å²) in [6.07, 6.45) is 0.277. The molecule has 0 aromatic heterocycles. The van der Waals surface area contributed by atoms with Gasteiger partial charge in [-0.15, -0.1) is 0 Å². The van der Waals surface area contributed by atoms with E-state index in [1.807, 2.05) is 12.1 Å². The van der Waals surface area contributed by atoms with Gasteiger partial charge in [-0.05, 0) is 29.8 Å². The largest absolute Gasteiger partial charge is 0.495 e. The monoisotopic (exact) mass is 325 g/mol. The van der Waals surface area contributed by atoms with Gasteiger partial charge in [0.1, 0.15) is 5.75 Å². The maximum Gasteiger partial charge on any atom is 0.331 e. The van der Waals surface area contributed by atoms with Crippen LogP contribution in [0.2, 0.25) is 0 Å². The number of hydrogen-bond donors (Lipinski definition) is 1. The lowest BCUT2D eigenvalue weighted by atomic mass is 10.1. The van der Waals surface area contributed by atoms with Gasteiger partial charge in [-0.25, -0.2) is 9.69 Å². The van der Waals surface area contributed by atoms with Gasteiger partial charge in [0.2, 0.25) is 5.91 Å². The van der Waals surface area contributed by atoms with Crippen LogP contribution in [-0.2, 0) is 11.3 Å². The molecule has 2 N–H and O–H groups in total. The number of urea groups is 1. The molecular formula is C18H19N3O3. The molecule has 124 valence electrons. The molecule has 1 aliphatic rings. The standard InChI is InChI=1S/C18H19N3O3/c1-24-16-5-3-2-4-15(16)21-17(22)10-11-20(18(21)23)12-13-6-8-14(19)9-7-13/h2-9H,10-12,19H2,1H3. The molecule has 0 unspecified atom stereocenters. The van der Waals surface area contributed by atoms with E-state index in [1.54, 1.807) is 41.3 Å². The van der Waals surface area contributed by atoms with E-state index in [1.165, 1.54) is 12.0 Å². The maximum absolute atomic E-state index is 12.8. The third-order valence-electron chi connectivity index (χ3n) is 3.99. The zero-order chi connectivity index (χ0) is 17.1. The van der Waals surface area contributed by atoms with Gasteiger partial charge in [0.25, 0.3) is 0 Å². The predicted molar refractivity (Wildman–Crippen MR) is 91.8 cm³/mol. The number of nitrogens with zero attached hydrogens (tertiary/aromatic N) is 2. The minimum Gasteiger partial charge on any atom is -0.495 e. The Labute approximate surface area is 140 Å². The number of carbonyl (C=O) groups is 2. The highest BCUT2D eigenvalue weighted by Gasteiger charge is 2.34. The Morgan fingerprint density at radius 3 is 2.50 bits per heavy atom. The zero-order valence-corrected chi connectivity index (χ0v) is 13.4. The Kier molecular flexibility index (Phi) is 4.37. The summed E-state index contributed by atoms with van der Waals surface area (Å²) in [5.41, 5.74) is 7.80. The van der Waals surface area contributed by atoms with Crippen LogP contribution in [-0.4, -0.2) is 30.5 Å². The third kappa shape index (κ3) is 3.03. The van der Waals surface area contributed by atoms with Crippen LogP contribution in [0.4, 0.5) is 16.2 Å². The second kappa shape index (κ2) is 6.62. The molecule has 6 heteroatoms. The van der Waals surface area contributed by atoms with Gasteiger partial charge in [0.15, 0.2) is 0 Å². The maximum atomic E-state index is 12.8. The summed E-state index contributed by atoms with van der Waals surface area (Å²) in [5, 5.41) is 0. The number of rotatable bonds is 4. The van der Waals surface area contributed by atoms with E-state index in [0.29, 0.717) is 30.2 Å². The molecule has 0 saturated carbocycles. The third-order valence-corrected chi connectivity index (χ3v) is 3.99. The molecule has 0 aliphatic carbocycles. The number of ether oxygens (including phenoxy) is 1. The average molecular weight is 325 g/mol. The van der Waals surface area contributed by atoms with Crippen LogP contribution in [0.15, 0.2) is 48.5 Å². The van der Waals surface area contributed by atoms with Crippen molar-refractivity contribution < 1.29 is 14.3 Å². The first-order valence-corrected chi connectivity index (χ1v) is 7.69. The molecule has 6 nitrogen and oxygen atoms in total. The van der Waals surface area contributed by atoms with Crippen LogP contribution >= 0.6 is 0 Å². The first kappa shape index (κ1) is 15.9. The molecule has 2 aromatic rings. The summed E-state index contributed by atoms with van der Waals surface area (Å²) in [4.78, 5) is 28.0. The van der Waals surface area contributed by atoms with Crippen molar-refractivity contribution in [3.8, 4) is 5.75 Å². The molecule has 3 rings (SSSR count). The average Bonchev–Trinajstić information content (AvgIpc) is 2.60. The van der Waals surface area contributed by atoms with Crippen LogP contribution in [0, 0.1) is 0 Å². The number of para-hydroxylation sites is 2. The Morgan fingerprint density at radius 1 is 1.08 bits per heavy atom. The molecule has 0 bridgehead atoms. The molecule has 0 radical (unpaired) electrons.